The monoisotopic (exact) mass is 397 g/mol. The van der Waals surface area contributed by atoms with Crippen molar-refractivity contribution in [1.29, 1.82) is 5.26 Å². The molecule has 4 rings (SSSR count). The van der Waals surface area contributed by atoms with E-state index in [0.717, 1.165) is 22.4 Å². The SMILES string of the molecule is COc1ccccc1.N#Cc1cc(C#Cc2cccc([C@@H]3COC(=O)N3)c2)ccn1. The number of hydrogen-bond donors (Lipinski definition) is 1. The number of amides is 1. The highest BCUT2D eigenvalue weighted by Crippen LogP contribution is 2.18. The lowest BCUT2D eigenvalue weighted by Crippen LogP contribution is -2.18. The number of carbonyl (C=O) groups is 1. The number of para-hydroxylation sites is 1. The first-order valence-electron chi connectivity index (χ1n) is 9.18. The van der Waals surface area contributed by atoms with Crippen molar-refractivity contribution in [2.45, 2.75) is 6.04 Å². The Morgan fingerprint density at radius 2 is 1.83 bits per heavy atom. The molecule has 6 heteroatoms. The zero-order chi connectivity index (χ0) is 21.2. The number of nitrogens with one attached hydrogen (secondary N) is 1. The van der Waals surface area contributed by atoms with Crippen molar-refractivity contribution in [3.63, 3.8) is 0 Å². The van der Waals surface area contributed by atoms with Gasteiger partial charge in [0, 0.05) is 17.3 Å². The second-order valence-electron chi connectivity index (χ2n) is 6.23. The number of pyridine rings is 1. The molecule has 1 saturated heterocycles. The molecule has 0 bridgehead atoms. The van der Waals surface area contributed by atoms with Crippen LogP contribution in [0.2, 0.25) is 0 Å². The van der Waals surface area contributed by atoms with Gasteiger partial charge >= 0.3 is 6.09 Å². The van der Waals surface area contributed by atoms with Crippen LogP contribution < -0.4 is 10.1 Å². The van der Waals surface area contributed by atoms with Crippen molar-refractivity contribution in [3.8, 4) is 23.7 Å². The van der Waals surface area contributed by atoms with E-state index in [-0.39, 0.29) is 6.04 Å². The van der Waals surface area contributed by atoms with E-state index in [1.165, 1.54) is 0 Å². The van der Waals surface area contributed by atoms with Gasteiger partial charge in [-0.3, -0.25) is 0 Å². The van der Waals surface area contributed by atoms with Crippen LogP contribution in [0.1, 0.15) is 28.4 Å². The van der Waals surface area contributed by atoms with Gasteiger partial charge < -0.3 is 14.8 Å². The lowest BCUT2D eigenvalue weighted by molar-refractivity contribution is 0.177. The number of ether oxygens (including phenoxy) is 2. The van der Waals surface area contributed by atoms with Crippen molar-refractivity contribution < 1.29 is 14.3 Å². The van der Waals surface area contributed by atoms with Crippen LogP contribution in [0.25, 0.3) is 0 Å². The fourth-order valence-corrected chi connectivity index (χ4v) is 2.67. The van der Waals surface area contributed by atoms with Crippen molar-refractivity contribution in [2.75, 3.05) is 13.7 Å². The van der Waals surface area contributed by atoms with E-state index in [0.29, 0.717) is 12.3 Å². The van der Waals surface area contributed by atoms with Gasteiger partial charge in [-0.15, -0.1) is 0 Å². The molecule has 2 aromatic carbocycles. The van der Waals surface area contributed by atoms with Crippen molar-refractivity contribution in [2.24, 2.45) is 0 Å². The van der Waals surface area contributed by atoms with Gasteiger partial charge in [0.1, 0.15) is 24.1 Å². The fourth-order valence-electron chi connectivity index (χ4n) is 2.67. The molecular weight excluding hydrogens is 378 g/mol. The van der Waals surface area contributed by atoms with Gasteiger partial charge in [0.25, 0.3) is 0 Å². The topological polar surface area (TPSA) is 84.2 Å². The zero-order valence-electron chi connectivity index (χ0n) is 16.3. The van der Waals surface area contributed by atoms with E-state index < -0.39 is 6.09 Å². The number of rotatable bonds is 2. The standard InChI is InChI=1S/C17H11N3O2.C7H8O/c18-10-15-9-13(6-7-19-15)5-4-12-2-1-3-14(8-12)16-11-22-17(21)20-16;1-8-7-5-3-2-4-6-7/h1-3,6-9,16H,11H2,(H,20,21);2-6H,1H3/t16-;/m0./s1. The molecule has 0 saturated carbocycles. The first-order chi connectivity index (χ1) is 14.7. The van der Waals surface area contributed by atoms with Crippen LogP contribution in [0.15, 0.2) is 72.9 Å². The lowest BCUT2D eigenvalue weighted by Gasteiger charge is -2.07. The minimum absolute atomic E-state index is 0.139. The summed E-state index contributed by atoms with van der Waals surface area (Å²) >= 11 is 0. The zero-order valence-corrected chi connectivity index (χ0v) is 16.3. The summed E-state index contributed by atoms with van der Waals surface area (Å²) in [5, 5.41) is 11.6. The minimum Gasteiger partial charge on any atom is -0.497 e. The summed E-state index contributed by atoms with van der Waals surface area (Å²) in [4.78, 5) is 15.0. The van der Waals surface area contributed by atoms with E-state index >= 15 is 0 Å². The van der Waals surface area contributed by atoms with Gasteiger partial charge in [0.15, 0.2) is 0 Å². The largest absolute Gasteiger partial charge is 0.497 e. The number of cyclic esters (lactones) is 1. The molecule has 1 aliphatic rings. The Kier molecular flexibility index (Phi) is 7.02. The molecule has 6 nitrogen and oxygen atoms in total. The number of methoxy groups -OCH3 is 1. The Balaban J connectivity index is 0.000000269. The first kappa shape index (κ1) is 20.4. The summed E-state index contributed by atoms with van der Waals surface area (Å²) < 4.78 is 9.81. The van der Waals surface area contributed by atoms with E-state index in [9.17, 15) is 4.79 Å². The van der Waals surface area contributed by atoms with E-state index in [1.807, 2.05) is 60.7 Å². The van der Waals surface area contributed by atoms with Crippen LogP contribution in [0.5, 0.6) is 5.75 Å². The second-order valence-corrected chi connectivity index (χ2v) is 6.23. The van der Waals surface area contributed by atoms with Gasteiger partial charge in [0.2, 0.25) is 0 Å². The lowest BCUT2D eigenvalue weighted by atomic mass is 10.0. The third-order valence-electron chi connectivity index (χ3n) is 4.17. The average Bonchev–Trinajstić information content (AvgIpc) is 3.25. The second kappa shape index (κ2) is 10.3. The third kappa shape index (κ3) is 5.85. The summed E-state index contributed by atoms with van der Waals surface area (Å²) in [7, 11) is 1.66. The molecule has 0 radical (unpaired) electrons. The predicted molar refractivity (Wildman–Crippen MR) is 112 cm³/mol. The molecule has 1 amide bonds. The Morgan fingerprint density at radius 3 is 2.47 bits per heavy atom. The third-order valence-corrected chi connectivity index (χ3v) is 4.17. The number of nitrogens with zero attached hydrogens (tertiary/aromatic N) is 2. The van der Waals surface area contributed by atoms with Crippen LogP contribution in [0.3, 0.4) is 0 Å². The molecule has 0 spiro atoms. The van der Waals surface area contributed by atoms with E-state index in [2.05, 4.69) is 22.1 Å². The average molecular weight is 397 g/mol. The van der Waals surface area contributed by atoms with E-state index in [1.54, 1.807) is 25.4 Å². The maximum atomic E-state index is 11.1. The number of carbonyl (C=O) groups excluding carboxylic acids is 1. The fraction of sp³-hybridized carbons (Fsp3) is 0.125. The number of aromatic nitrogens is 1. The molecular formula is C24H19N3O3. The van der Waals surface area contributed by atoms with Crippen molar-refractivity contribution >= 4 is 6.09 Å². The number of alkyl carbamates (subject to hydrolysis) is 1. The van der Waals surface area contributed by atoms with Gasteiger partial charge in [-0.25, -0.2) is 9.78 Å². The number of benzene rings is 2. The van der Waals surface area contributed by atoms with Crippen LogP contribution >= 0.6 is 0 Å². The highest BCUT2D eigenvalue weighted by molar-refractivity contribution is 5.70. The normalized spacial score (nSPS) is 14.0. The maximum Gasteiger partial charge on any atom is 0.407 e. The van der Waals surface area contributed by atoms with Crippen LogP contribution in [0, 0.1) is 23.2 Å². The summed E-state index contributed by atoms with van der Waals surface area (Å²) in [6.07, 6.45) is 1.16. The molecule has 3 aromatic rings. The van der Waals surface area contributed by atoms with Crippen molar-refractivity contribution in [1.82, 2.24) is 10.3 Å². The van der Waals surface area contributed by atoms with Crippen LogP contribution in [0.4, 0.5) is 4.79 Å². The van der Waals surface area contributed by atoms with Crippen LogP contribution in [-0.4, -0.2) is 24.8 Å². The molecule has 1 aromatic heterocycles. The van der Waals surface area contributed by atoms with Gasteiger partial charge in [0.05, 0.1) is 13.2 Å². The Labute approximate surface area is 175 Å². The molecule has 30 heavy (non-hydrogen) atoms. The highest BCUT2D eigenvalue weighted by atomic mass is 16.6. The predicted octanol–water partition coefficient (Wildman–Crippen LogP) is 3.83. The molecule has 0 unspecified atom stereocenters. The van der Waals surface area contributed by atoms with Gasteiger partial charge in [-0.2, -0.15) is 5.26 Å². The molecule has 1 aliphatic heterocycles. The highest BCUT2D eigenvalue weighted by Gasteiger charge is 2.23. The van der Waals surface area contributed by atoms with Gasteiger partial charge in [-0.05, 0) is 42.0 Å². The summed E-state index contributed by atoms with van der Waals surface area (Å²) in [6, 6.07) is 22.5. The quantitative estimate of drug-likeness (QED) is 0.665. The molecule has 1 N–H and O–H groups in total. The minimum atomic E-state index is -0.401. The Morgan fingerprint density at radius 1 is 1.07 bits per heavy atom. The molecule has 0 aliphatic carbocycles. The van der Waals surface area contributed by atoms with Crippen LogP contribution in [-0.2, 0) is 4.74 Å². The van der Waals surface area contributed by atoms with Crippen molar-refractivity contribution in [3.05, 3.63) is 95.3 Å². The van der Waals surface area contributed by atoms with E-state index in [4.69, 9.17) is 14.7 Å². The molecule has 1 fully saturated rings. The summed E-state index contributed by atoms with van der Waals surface area (Å²) in [6.45, 7) is 0.325. The molecule has 148 valence electrons. The van der Waals surface area contributed by atoms with Gasteiger partial charge in [-0.1, -0.05) is 42.2 Å². The maximum absolute atomic E-state index is 11.1. The Bertz CT molecular complexity index is 1110. The summed E-state index contributed by atoms with van der Waals surface area (Å²) in [5.41, 5.74) is 2.85. The first-order valence-corrected chi connectivity index (χ1v) is 9.18. The summed E-state index contributed by atoms with van der Waals surface area (Å²) in [5.74, 6) is 6.96. The Hall–Kier alpha value is -4.29. The number of nitriles is 1. The number of hydrogen-bond acceptors (Lipinski definition) is 5. The molecule has 2 heterocycles. The molecule has 1 atom stereocenters. The smallest absolute Gasteiger partial charge is 0.407 e.